The van der Waals surface area contributed by atoms with Crippen LogP contribution in [0.1, 0.15) is 39.3 Å². The molecule has 0 spiro atoms. The van der Waals surface area contributed by atoms with E-state index in [1.807, 2.05) is 38.1 Å². The first-order valence-corrected chi connectivity index (χ1v) is 6.43. The van der Waals surface area contributed by atoms with Gasteiger partial charge < -0.3 is 5.11 Å². The average molecular weight is 260 g/mol. The highest BCUT2D eigenvalue weighted by molar-refractivity contribution is 5.37. The molecular formula is C15H20N2O2. The van der Waals surface area contributed by atoms with E-state index in [-0.39, 0.29) is 11.7 Å². The Morgan fingerprint density at radius 1 is 1.21 bits per heavy atom. The minimum absolute atomic E-state index is 0.0668. The van der Waals surface area contributed by atoms with Crippen molar-refractivity contribution in [3.8, 4) is 5.69 Å². The molecule has 0 aliphatic rings. The minimum atomic E-state index is -0.916. The van der Waals surface area contributed by atoms with Crippen LogP contribution in [0.4, 0.5) is 0 Å². The summed E-state index contributed by atoms with van der Waals surface area (Å²) in [7, 11) is 0. The van der Waals surface area contributed by atoms with E-state index in [0.29, 0.717) is 0 Å². The quantitative estimate of drug-likeness (QED) is 0.921. The highest BCUT2D eigenvalue weighted by Gasteiger charge is 2.17. The summed E-state index contributed by atoms with van der Waals surface area (Å²) in [5, 5.41) is 10.0. The number of nitrogens with zero attached hydrogens (tertiary/aromatic N) is 2. The molecule has 19 heavy (non-hydrogen) atoms. The Balaban J connectivity index is 2.52. The lowest BCUT2D eigenvalue weighted by molar-refractivity contribution is 0.0786. The molecule has 0 atom stereocenters. The van der Waals surface area contributed by atoms with E-state index in [2.05, 4.69) is 0 Å². The fourth-order valence-corrected chi connectivity index (χ4v) is 2.02. The zero-order valence-electron chi connectivity index (χ0n) is 11.8. The van der Waals surface area contributed by atoms with Gasteiger partial charge in [0, 0.05) is 18.4 Å². The van der Waals surface area contributed by atoms with Crippen molar-refractivity contribution in [3.05, 3.63) is 52.7 Å². The Morgan fingerprint density at radius 2 is 1.89 bits per heavy atom. The van der Waals surface area contributed by atoms with E-state index in [1.54, 1.807) is 35.4 Å². The van der Waals surface area contributed by atoms with Gasteiger partial charge in [-0.3, -0.25) is 9.13 Å². The summed E-state index contributed by atoms with van der Waals surface area (Å²) < 4.78 is 3.27. The normalized spacial score (nSPS) is 12.1. The summed E-state index contributed by atoms with van der Waals surface area (Å²) in [6.07, 6.45) is 3.54. The van der Waals surface area contributed by atoms with Gasteiger partial charge in [-0.15, -0.1) is 0 Å². The van der Waals surface area contributed by atoms with Gasteiger partial charge in [0.25, 0.3) is 0 Å². The second kappa shape index (κ2) is 4.70. The fourth-order valence-electron chi connectivity index (χ4n) is 2.02. The van der Waals surface area contributed by atoms with Gasteiger partial charge in [-0.25, -0.2) is 4.79 Å². The molecule has 0 bridgehead atoms. The second-order valence-electron chi connectivity index (χ2n) is 5.56. The number of imidazole rings is 1. The number of hydrogen-bond donors (Lipinski definition) is 1. The van der Waals surface area contributed by atoms with Gasteiger partial charge in [-0.2, -0.15) is 0 Å². The fraction of sp³-hybridized carbons (Fsp3) is 0.400. The second-order valence-corrected chi connectivity index (χ2v) is 5.56. The van der Waals surface area contributed by atoms with Crippen LogP contribution >= 0.6 is 0 Å². The SMILES string of the molecule is CC(C)n1ccn(-c2cccc(C(C)(C)O)c2)c1=O. The van der Waals surface area contributed by atoms with Crippen LogP contribution in [0.25, 0.3) is 5.69 Å². The smallest absolute Gasteiger partial charge is 0.332 e. The van der Waals surface area contributed by atoms with Gasteiger partial charge in [0.05, 0.1) is 11.3 Å². The zero-order chi connectivity index (χ0) is 14.2. The number of rotatable bonds is 3. The number of hydrogen-bond acceptors (Lipinski definition) is 2. The largest absolute Gasteiger partial charge is 0.386 e. The number of benzene rings is 1. The Morgan fingerprint density at radius 3 is 2.42 bits per heavy atom. The molecule has 2 rings (SSSR count). The predicted molar refractivity (Wildman–Crippen MR) is 75.7 cm³/mol. The molecule has 4 nitrogen and oxygen atoms in total. The van der Waals surface area contributed by atoms with Crippen LogP contribution in [0.3, 0.4) is 0 Å². The summed E-state index contributed by atoms with van der Waals surface area (Å²) in [6, 6.07) is 7.54. The average Bonchev–Trinajstić information content (AvgIpc) is 2.70. The predicted octanol–water partition coefficient (Wildman–Crippen LogP) is 2.45. The molecule has 0 saturated heterocycles. The summed E-state index contributed by atoms with van der Waals surface area (Å²) in [5.41, 5.74) is 0.571. The standard InChI is InChI=1S/C15H20N2O2/c1-11(2)16-8-9-17(14(16)18)13-7-5-6-12(10-13)15(3,4)19/h5-11,19H,1-4H3. The van der Waals surface area contributed by atoms with Crippen LogP contribution in [-0.2, 0) is 5.60 Å². The van der Waals surface area contributed by atoms with Crippen LogP contribution in [0.2, 0.25) is 0 Å². The van der Waals surface area contributed by atoms with E-state index in [9.17, 15) is 9.90 Å². The molecule has 0 fully saturated rings. The van der Waals surface area contributed by atoms with Crippen LogP contribution in [0.5, 0.6) is 0 Å². The lowest BCUT2D eigenvalue weighted by Gasteiger charge is -2.18. The minimum Gasteiger partial charge on any atom is -0.386 e. The summed E-state index contributed by atoms with van der Waals surface area (Å²) in [4.78, 5) is 12.2. The van der Waals surface area contributed by atoms with Gasteiger partial charge in [0.15, 0.2) is 0 Å². The van der Waals surface area contributed by atoms with Crippen LogP contribution in [0.15, 0.2) is 41.5 Å². The van der Waals surface area contributed by atoms with Crippen molar-refractivity contribution >= 4 is 0 Å². The van der Waals surface area contributed by atoms with E-state index in [1.165, 1.54) is 0 Å². The molecule has 1 aromatic carbocycles. The van der Waals surface area contributed by atoms with Gasteiger partial charge in [-0.05, 0) is 45.4 Å². The van der Waals surface area contributed by atoms with E-state index < -0.39 is 5.60 Å². The Hall–Kier alpha value is -1.81. The third-order valence-corrected chi connectivity index (χ3v) is 3.19. The highest BCUT2D eigenvalue weighted by atomic mass is 16.3. The molecule has 1 aromatic heterocycles. The maximum absolute atomic E-state index is 12.2. The number of aliphatic hydroxyl groups is 1. The third-order valence-electron chi connectivity index (χ3n) is 3.19. The molecule has 2 aromatic rings. The van der Waals surface area contributed by atoms with Crippen molar-refractivity contribution in [2.24, 2.45) is 0 Å². The van der Waals surface area contributed by atoms with Gasteiger partial charge in [-0.1, -0.05) is 12.1 Å². The molecule has 102 valence electrons. The molecule has 0 saturated carbocycles. The lowest BCUT2D eigenvalue weighted by atomic mass is 9.98. The molecule has 1 N–H and O–H groups in total. The van der Waals surface area contributed by atoms with Crippen molar-refractivity contribution in [2.75, 3.05) is 0 Å². The highest BCUT2D eigenvalue weighted by Crippen LogP contribution is 2.21. The summed E-state index contributed by atoms with van der Waals surface area (Å²) in [6.45, 7) is 7.40. The van der Waals surface area contributed by atoms with Crippen molar-refractivity contribution in [1.82, 2.24) is 9.13 Å². The molecule has 0 amide bonds. The van der Waals surface area contributed by atoms with Gasteiger partial charge in [0.1, 0.15) is 0 Å². The van der Waals surface area contributed by atoms with Crippen molar-refractivity contribution in [3.63, 3.8) is 0 Å². The summed E-state index contributed by atoms with van der Waals surface area (Å²) >= 11 is 0. The van der Waals surface area contributed by atoms with Crippen LogP contribution in [-0.4, -0.2) is 14.2 Å². The van der Waals surface area contributed by atoms with Gasteiger partial charge in [0.2, 0.25) is 0 Å². The Kier molecular flexibility index (Phi) is 3.37. The molecule has 0 radical (unpaired) electrons. The number of aromatic nitrogens is 2. The molecule has 1 heterocycles. The molecule has 0 aliphatic heterocycles. The summed E-state index contributed by atoms with van der Waals surface area (Å²) in [5.74, 6) is 0. The Labute approximate surface area is 112 Å². The molecule has 0 aliphatic carbocycles. The topological polar surface area (TPSA) is 47.2 Å². The monoisotopic (exact) mass is 260 g/mol. The maximum atomic E-state index is 12.2. The van der Waals surface area contributed by atoms with Crippen molar-refractivity contribution < 1.29 is 5.11 Å². The molecule has 0 unspecified atom stereocenters. The maximum Gasteiger partial charge on any atom is 0.332 e. The van der Waals surface area contributed by atoms with Crippen LogP contribution in [0, 0.1) is 0 Å². The van der Waals surface area contributed by atoms with Crippen molar-refractivity contribution in [2.45, 2.75) is 39.3 Å². The third kappa shape index (κ3) is 2.63. The Bertz CT molecular complexity index is 630. The van der Waals surface area contributed by atoms with Crippen LogP contribution < -0.4 is 5.69 Å². The van der Waals surface area contributed by atoms with E-state index in [4.69, 9.17) is 0 Å². The van der Waals surface area contributed by atoms with E-state index in [0.717, 1.165) is 11.3 Å². The first-order valence-electron chi connectivity index (χ1n) is 6.43. The lowest BCUT2D eigenvalue weighted by Crippen LogP contribution is -2.24. The molecular weight excluding hydrogens is 240 g/mol. The van der Waals surface area contributed by atoms with Crippen molar-refractivity contribution in [1.29, 1.82) is 0 Å². The zero-order valence-corrected chi connectivity index (χ0v) is 11.8. The molecule has 4 heteroatoms. The van der Waals surface area contributed by atoms with E-state index >= 15 is 0 Å². The van der Waals surface area contributed by atoms with Gasteiger partial charge >= 0.3 is 5.69 Å². The first kappa shape index (κ1) is 13.6. The first-order chi connectivity index (χ1) is 8.80.